The molecule has 2 rings (SSSR count). The molecule has 0 amide bonds. The summed E-state index contributed by atoms with van der Waals surface area (Å²) in [4.78, 5) is 12.6. The van der Waals surface area contributed by atoms with Crippen LogP contribution in [0.2, 0.25) is 0 Å². The van der Waals surface area contributed by atoms with Crippen LogP contribution in [0.5, 0.6) is 0 Å². The molecule has 1 aliphatic carbocycles. The first-order chi connectivity index (χ1) is 9.20. The van der Waals surface area contributed by atoms with E-state index in [1.165, 1.54) is 12.8 Å². The highest BCUT2D eigenvalue weighted by Gasteiger charge is 2.28. The van der Waals surface area contributed by atoms with Gasteiger partial charge >= 0.3 is 0 Å². The molecule has 5 nitrogen and oxygen atoms in total. The number of nitro groups is 1. The Hall–Kier alpha value is -1.46. The zero-order valence-electron chi connectivity index (χ0n) is 11.0. The van der Waals surface area contributed by atoms with Crippen LogP contribution in [-0.4, -0.2) is 34.1 Å². The van der Waals surface area contributed by atoms with E-state index in [-0.39, 0.29) is 17.2 Å². The van der Waals surface area contributed by atoms with Gasteiger partial charge < -0.3 is 5.11 Å². The average Bonchev–Trinajstić information content (AvgIpc) is 3.23. The minimum absolute atomic E-state index is 0.141. The molecule has 1 saturated carbocycles. The second-order valence-electron chi connectivity index (χ2n) is 5.06. The van der Waals surface area contributed by atoms with E-state index in [1.807, 2.05) is 12.1 Å². The standard InChI is InChI=1S/C14H20N2O3/c17-10-2-1-9-15(13-7-8-13)11-12-3-5-14(6-4-12)16(18)19/h3-6,13,17H,1-2,7-11H2. The first-order valence-corrected chi connectivity index (χ1v) is 6.79. The lowest BCUT2D eigenvalue weighted by Crippen LogP contribution is -2.26. The van der Waals surface area contributed by atoms with Crippen molar-refractivity contribution in [2.45, 2.75) is 38.3 Å². The summed E-state index contributed by atoms with van der Waals surface area (Å²) in [7, 11) is 0. The van der Waals surface area contributed by atoms with E-state index in [9.17, 15) is 10.1 Å². The number of nitro benzene ring substituents is 1. The van der Waals surface area contributed by atoms with E-state index in [1.54, 1.807) is 12.1 Å². The summed E-state index contributed by atoms with van der Waals surface area (Å²) < 4.78 is 0. The lowest BCUT2D eigenvalue weighted by atomic mass is 10.2. The summed E-state index contributed by atoms with van der Waals surface area (Å²) in [5.74, 6) is 0. The van der Waals surface area contributed by atoms with Gasteiger partial charge in [0.1, 0.15) is 0 Å². The highest BCUT2D eigenvalue weighted by Crippen LogP contribution is 2.28. The molecule has 0 heterocycles. The summed E-state index contributed by atoms with van der Waals surface area (Å²) in [5, 5.41) is 19.4. The van der Waals surface area contributed by atoms with Crippen molar-refractivity contribution >= 4 is 5.69 Å². The van der Waals surface area contributed by atoms with E-state index in [0.29, 0.717) is 6.04 Å². The number of nitrogens with zero attached hydrogens (tertiary/aromatic N) is 2. The fourth-order valence-electron chi connectivity index (χ4n) is 2.21. The van der Waals surface area contributed by atoms with Crippen molar-refractivity contribution < 1.29 is 10.0 Å². The number of non-ortho nitro benzene ring substituents is 1. The van der Waals surface area contributed by atoms with Gasteiger partial charge in [-0.15, -0.1) is 0 Å². The Morgan fingerprint density at radius 2 is 1.95 bits per heavy atom. The van der Waals surface area contributed by atoms with Gasteiger partial charge in [0, 0.05) is 31.3 Å². The van der Waals surface area contributed by atoms with Gasteiger partial charge in [-0.05, 0) is 37.8 Å². The normalized spacial score (nSPS) is 14.8. The maximum atomic E-state index is 10.6. The van der Waals surface area contributed by atoms with Crippen LogP contribution in [0, 0.1) is 10.1 Å². The molecule has 0 spiro atoms. The summed E-state index contributed by atoms with van der Waals surface area (Å²) in [6.07, 6.45) is 4.32. The number of unbranched alkanes of at least 4 members (excludes halogenated alkanes) is 1. The molecule has 1 aromatic carbocycles. The smallest absolute Gasteiger partial charge is 0.269 e. The number of rotatable bonds is 8. The Bertz CT molecular complexity index is 415. The highest BCUT2D eigenvalue weighted by molar-refractivity contribution is 5.32. The Labute approximate surface area is 113 Å². The monoisotopic (exact) mass is 264 g/mol. The molecule has 1 aromatic rings. The third kappa shape index (κ3) is 4.29. The second kappa shape index (κ2) is 6.63. The predicted molar refractivity (Wildman–Crippen MR) is 72.8 cm³/mol. The van der Waals surface area contributed by atoms with Gasteiger partial charge in [0.15, 0.2) is 0 Å². The molecule has 0 radical (unpaired) electrons. The summed E-state index contributed by atoms with van der Waals surface area (Å²) in [5.41, 5.74) is 1.25. The van der Waals surface area contributed by atoms with Crippen molar-refractivity contribution in [3.63, 3.8) is 0 Å². The number of hydrogen-bond donors (Lipinski definition) is 1. The summed E-state index contributed by atoms with van der Waals surface area (Å²) in [6.45, 7) is 2.08. The minimum Gasteiger partial charge on any atom is -0.396 e. The summed E-state index contributed by atoms with van der Waals surface area (Å²) in [6, 6.07) is 7.45. The molecular weight excluding hydrogens is 244 g/mol. The Morgan fingerprint density at radius 3 is 2.47 bits per heavy atom. The third-order valence-electron chi connectivity index (χ3n) is 3.45. The first kappa shape index (κ1) is 14.0. The van der Waals surface area contributed by atoms with Crippen molar-refractivity contribution in [1.29, 1.82) is 0 Å². The van der Waals surface area contributed by atoms with Crippen LogP contribution >= 0.6 is 0 Å². The molecule has 19 heavy (non-hydrogen) atoms. The van der Waals surface area contributed by atoms with Crippen molar-refractivity contribution in [2.75, 3.05) is 13.2 Å². The summed E-state index contributed by atoms with van der Waals surface area (Å²) >= 11 is 0. The molecule has 0 bridgehead atoms. The van der Waals surface area contributed by atoms with Crippen LogP contribution in [0.1, 0.15) is 31.2 Å². The minimum atomic E-state index is -0.371. The largest absolute Gasteiger partial charge is 0.396 e. The van der Waals surface area contributed by atoms with Gasteiger partial charge in [0.05, 0.1) is 4.92 Å². The Balaban J connectivity index is 1.90. The highest BCUT2D eigenvalue weighted by atomic mass is 16.6. The third-order valence-corrected chi connectivity index (χ3v) is 3.45. The molecular formula is C14H20N2O3. The second-order valence-corrected chi connectivity index (χ2v) is 5.06. The zero-order valence-corrected chi connectivity index (χ0v) is 11.0. The first-order valence-electron chi connectivity index (χ1n) is 6.79. The van der Waals surface area contributed by atoms with Gasteiger partial charge in [0.2, 0.25) is 0 Å². The van der Waals surface area contributed by atoms with Crippen molar-refractivity contribution in [2.24, 2.45) is 0 Å². The van der Waals surface area contributed by atoms with Crippen LogP contribution in [0.3, 0.4) is 0 Å². The zero-order chi connectivity index (χ0) is 13.7. The fourth-order valence-corrected chi connectivity index (χ4v) is 2.21. The molecule has 0 saturated heterocycles. The molecule has 0 aliphatic heterocycles. The molecule has 0 unspecified atom stereocenters. The van der Waals surface area contributed by atoms with Crippen LogP contribution in [-0.2, 0) is 6.54 Å². The molecule has 0 atom stereocenters. The Kier molecular flexibility index (Phi) is 4.87. The van der Waals surface area contributed by atoms with Crippen molar-refractivity contribution in [3.05, 3.63) is 39.9 Å². The van der Waals surface area contributed by atoms with E-state index in [2.05, 4.69) is 4.90 Å². The molecule has 1 fully saturated rings. The van der Waals surface area contributed by atoms with E-state index < -0.39 is 0 Å². The van der Waals surface area contributed by atoms with Crippen LogP contribution < -0.4 is 0 Å². The van der Waals surface area contributed by atoms with Gasteiger partial charge in [-0.1, -0.05) is 12.1 Å². The quantitative estimate of drug-likeness (QED) is 0.444. The lowest BCUT2D eigenvalue weighted by molar-refractivity contribution is -0.384. The van der Waals surface area contributed by atoms with E-state index in [4.69, 9.17) is 5.11 Å². The average molecular weight is 264 g/mol. The maximum absolute atomic E-state index is 10.6. The fraction of sp³-hybridized carbons (Fsp3) is 0.571. The topological polar surface area (TPSA) is 66.6 Å². The molecule has 1 aliphatic rings. The number of benzene rings is 1. The van der Waals surface area contributed by atoms with E-state index >= 15 is 0 Å². The van der Waals surface area contributed by atoms with Gasteiger partial charge in [-0.25, -0.2) is 0 Å². The Morgan fingerprint density at radius 1 is 1.26 bits per heavy atom. The number of aliphatic hydroxyl groups excluding tert-OH is 1. The maximum Gasteiger partial charge on any atom is 0.269 e. The van der Waals surface area contributed by atoms with Crippen LogP contribution in [0.15, 0.2) is 24.3 Å². The van der Waals surface area contributed by atoms with Crippen molar-refractivity contribution in [3.8, 4) is 0 Å². The molecule has 104 valence electrons. The number of hydrogen-bond acceptors (Lipinski definition) is 4. The number of aliphatic hydroxyl groups is 1. The predicted octanol–water partition coefficient (Wildman–Crippen LogP) is 2.33. The van der Waals surface area contributed by atoms with Crippen LogP contribution in [0.4, 0.5) is 5.69 Å². The lowest BCUT2D eigenvalue weighted by Gasteiger charge is -2.21. The molecule has 0 aromatic heterocycles. The van der Waals surface area contributed by atoms with Crippen molar-refractivity contribution in [1.82, 2.24) is 4.90 Å². The SMILES string of the molecule is O=[N+]([O-])c1ccc(CN(CCCCO)C2CC2)cc1. The molecule has 5 heteroatoms. The van der Waals surface area contributed by atoms with Crippen LogP contribution in [0.25, 0.3) is 0 Å². The van der Waals surface area contributed by atoms with E-state index in [0.717, 1.165) is 31.5 Å². The van der Waals surface area contributed by atoms with Gasteiger partial charge in [-0.2, -0.15) is 0 Å². The molecule has 1 N–H and O–H groups in total. The van der Waals surface area contributed by atoms with Gasteiger partial charge in [-0.3, -0.25) is 15.0 Å². The van der Waals surface area contributed by atoms with Gasteiger partial charge in [0.25, 0.3) is 5.69 Å².